The van der Waals surface area contributed by atoms with Gasteiger partial charge in [0.05, 0.1) is 5.69 Å². The van der Waals surface area contributed by atoms with Crippen LogP contribution >= 0.6 is 0 Å². The van der Waals surface area contributed by atoms with E-state index in [4.69, 9.17) is 4.74 Å². The van der Waals surface area contributed by atoms with E-state index in [0.717, 1.165) is 6.07 Å². The second-order valence-corrected chi connectivity index (χ2v) is 7.59. The number of benzene rings is 1. The molecule has 0 bridgehead atoms. The first kappa shape index (κ1) is 19.1. The van der Waals surface area contributed by atoms with E-state index in [-0.39, 0.29) is 24.7 Å². The summed E-state index contributed by atoms with van der Waals surface area (Å²) in [6, 6.07) is 11.7. The van der Waals surface area contributed by atoms with E-state index in [0.29, 0.717) is 18.7 Å². The number of aliphatic hydroxyl groups excluding tert-OH is 2. The summed E-state index contributed by atoms with van der Waals surface area (Å²) >= 11 is 0. The molecule has 1 saturated carbocycles. The van der Waals surface area contributed by atoms with Crippen LogP contribution in [0.25, 0.3) is 0 Å². The number of aliphatic hydroxyl groups is 3. The van der Waals surface area contributed by atoms with Crippen LogP contribution < -0.4 is 4.74 Å². The van der Waals surface area contributed by atoms with Crippen molar-refractivity contribution in [2.24, 2.45) is 5.92 Å². The number of ether oxygens (including phenoxy) is 1. The molecule has 4 N–H and O–H groups in total. The van der Waals surface area contributed by atoms with Crippen LogP contribution in [0, 0.1) is 11.9 Å². The van der Waals surface area contributed by atoms with Gasteiger partial charge in [-0.15, -0.1) is 0 Å². The zero-order chi connectivity index (χ0) is 19.9. The van der Waals surface area contributed by atoms with E-state index < -0.39 is 35.6 Å². The molecular formula is C20H23FN2O5. The van der Waals surface area contributed by atoms with Crippen LogP contribution in [0.5, 0.6) is 11.5 Å². The van der Waals surface area contributed by atoms with Crippen molar-refractivity contribution in [3.63, 3.8) is 0 Å². The average molecular weight is 390 g/mol. The van der Waals surface area contributed by atoms with Crippen LogP contribution in [0.4, 0.5) is 4.39 Å². The zero-order valence-electron chi connectivity index (χ0n) is 15.1. The Morgan fingerprint density at radius 2 is 2.00 bits per heavy atom. The summed E-state index contributed by atoms with van der Waals surface area (Å²) in [5.74, 6) is -1.17. The van der Waals surface area contributed by atoms with Gasteiger partial charge in [-0.25, -0.2) is 4.98 Å². The molecule has 2 aliphatic rings. The molecule has 0 spiro atoms. The number of fused-ring (bicyclic) bond motifs is 1. The van der Waals surface area contributed by atoms with Gasteiger partial charge in [0.2, 0.25) is 0 Å². The van der Waals surface area contributed by atoms with Gasteiger partial charge in [0.1, 0.15) is 29.7 Å². The topological polar surface area (TPSA) is 106 Å². The van der Waals surface area contributed by atoms with Gasteiger partial charge in [-0.3, -0.25) is 4.90 Å². The molecule has 2 fully saturated rings. The van der Waals surface area contributed by atoms with E-state index in [9.17, 15) is 24.8 Å². The third-order valence-electron chi connectivity index (χ3n) is 5.70. The van der Waals surface area contributed by atoms with Crippen molar-refractivity contribution in [1.82, 2.24) is 9.88 Å². The van der Waals surface area contributed by atoms with Crippen LogP contribution in [0.3, 0.4) is 0 Å². The van der Waals surface area contributed by atoms with E-state index in [1.807, 2.05) is 23.1 Å². The lowest BCUT2D eigenvalue weighted by molar-refractivity contribution is -0.0876. The fourth-order valence-corrected chi connectivity index (χ4v) is 4.26. The Morgan fingerprint density at radius 1 is 1.25 bits per heavy atom. The van der Waals surface area contributed by atoms with E-state index in [2.05, 4.69) is 4.98 Å². The summed E-state index contributed by atoms with van der Waals surface area (Å²) in [5.41, 5.74) is -1.22. The smallest absolute Gasteiger partial charge is 0.255 e. The Labute approximate surface area is 161 Å². The number of β-amino-alcohol motifs (C(OH)–C–C–N with tert-alkyl or cyclic N) is 2. The molecule has 4 rings (SSSR count). The highest BCUT2D eigenvalue weighted by molar-refractivity contribution is 5.23. The minimum atomic E-state index is -1.33. The molecule has 1 aliphatic heterocycles. The number of aromatic hydroxyl groups is 1. The molecule has 8 heteroatoms. The van der Waals surface area contributed by atoms with Crippen molar-refractivity contribution in [2.75, 3.05) is 19.6 Å². The van der Waals surface area contributed by atoms with Crippen LogP contribution in [0.15, 0.2) is 42.5 Å². The molecule has 1 unspecified atom stereocenters. The molecule has 150 valence electrons. The SMILES string of the molecule is Oc1ccc(C(O)CN2C[C@H]3C[C@H](Oc4ccccc4)[C@H](O)[C@@]3(O)C2)nc1F. The molecule has 28 heavy (non-hydrogen) atoms. The Morgan fingerprint density at radius 3 is 2.68 bits per heavy atom. The van der Waals surface area contributed by atoms with Gasteiger partial charge in [0, 0.05) is 25.6 Å². The van der Waals surface area contributed by atoms with Gasteiger partial charge in [-0.2, -0.15) is 4.39 Å². The molecule has 1 aromatic heterocycles. The second kappa shape index (κ2) is 7.29. The van der Waals surface area contributed by atoms with Crippen molar-refractivity contribution < 1.29 is 29.6 Å². The highest BCUT2D eigenvalue weighted by Crippen LogP contribution is 2.43. The molecule has 7 nitrogen and oxygen atoms in total. The first-order chi connectivity index (χ1) is 13.4. The summed E-state index contributed by atoms with van der Waals surface area (Å²) in [5, 5.41) is 41.2. The van der Waals surface area contributed by atoms with Gasteiger partial charge in [0.15, 0.2) is 5.75 Å². The fourth-order valence-electron chi connectivity index (χ4n) is 4.26. The van der Waals surface area contributed by atoms with Crippen molar-refractivity contribution in [2.45, 2.75) is 30.3 Å². The number of nitrogens with zero attached hydrogens (tertiary/aromatic N) is 2. The quantitative estimate of drug-likeness (QED) is 0.561. The van der Waals surface area contributed by atoms with E-state index >= 15 is 0 Å². The predicted octanol–water partition coefficient (Wildman–Crippen LogP) is 0.835. The number of hydrogen-bond donors (Lipinski definition) is 4. The average Bonchev–Trinajstić information content (AvgIpc) is 3.10. The summed E-state index contributed by atoms with van der Waals surface area (Å²) in [7, 11) is 0. The largest absolute Gasteiger partial charge is 0.504 e. The lowest BCUT2D eigenvalue weighted by Gasteiger charge is -2.29. The fraction of sp³-hybridized carbons (Fsp3) is 0.450. The number of para-hydroxylation sites is 1. The lowest BCUT2D eigenvalue weighted by Crippen LogP contribution is -2.49. The van der Waals surface area contributed by atoms with Crippen molar-refractivity contribution in [3.8, 4) is 11.5 Å². The Bertz CT molecular complexity index is 839. The van der Waals surface area contributed by atoms with E-state index in [1.54, 1.807) is 12.1 Å². The van der Waals surface area contributed by atoms with Gasteiger partial charge in [0.25, 0.3) is 5.95 Å². The van der Waals surface area contributed by atoms with Crippen LogP contribution in [0.1, 0.15) is 18.2 Å². The van der Waals surface area contributed by atoms with Crippen molar-refractivity contribution in [1.29, 1.82) is 0 Å². The highest BCUT2D eigenvalue weighted by atomic mass is 19.1. The molecular weight excluding hydrogens is 367 g/mol. The maximum absolute atomic E-state index is 13.4. The maximum atomic E-state index is 13.4. The minimum absolute atomic E-state index is 0.102. The van der Waals surface area contributed by atoms with Gasteiger partial charge >= 0.3 is 0 Å². The van der Waals surface area contributed by atoms with Crippen LogP contribution in [-0.4, -0.2) is 67.8 Å². The zero-order valence-corrected chi connectivity index (χ0v) is 15.1. The summed E-state index contributed by atoms with van der Waals surface area (Å²) in [6.07, 6.45) is -2.14. The normalized spacial score (nSPS) is 30.9. The summed E-state index contributed by atoms with van der Waals surface area (Å²) in [6.45, 7) is 0.776. The van der Waals surface area contributed by atoms with Gasteiger partial charge < -0.3 is 25.2 Å². The third-order valence-corrected chi connectivity index (χ3v) is 5.70. The molecule has 2 aromatic rings. The molecule has 0 amide bonds. The first-order valence-electron chi connectivity index (χ1n) is 9.25. The number of hydrogen-bond acceptors (Lipinski definition) is 7. The molecule has 2 heterocycles. The Kier molecular flexibility index (Phi) is 4.96. The van der Waals surface area contributed by atoms with Gasteiger partial charge in [-0.05, 0) is 30.7 Å². The van der Waals surface area contributed by atoms with Crippen LogP contribution in [-0.2, 0) is 0 Å². The third kappa shape index (κ3) is 3.44. The Hall–Kier alpha value is -2.26. The number of pyridine rings is 1. The standard InChI is InChI=1S/C20H23FN2O5/c21-19-15(24)7-6-14(22-19)16(25)10-23-9-12-8-17(18(26)20(12,27)11-23)28-13-4-2-1-3-5-13/h1-7,12,16-18,24-27H,8-11H2/t12-,16?,17+,18+,20-/m1/s1. The molecule has 1 aromatic carbocycles. The number of aromatic nitrogens is 1. The number of rotatable bonds is 5. The Balaban J connectivity index is 1.39. The second-order valence-electron chi connectivity index (χ2n) is 7.59. The van der Waals surface area contributed by atoms with Gasteiger partial charge in [-0.1, -0.05) is 18.2 Å². The van der Waals surface area contributed by atoms with Crippen molar-refractivity contribution >= 4 is 0 Å². The summed E-state index contributed by atoms with van der Waals surface area (Å²) < 4.78 is 19.2. The van der Waals surface area contributed by atoms with E-state index in [1.165, 1.54) is 6.07 Å². The molecule has 0 radical (unpaired) electrons. The monoisotopic (exact) mass is 390 g/mol. The van der Waals surface area contributed by atoms with Crippen molar-refractivity contribution in [3.05, 3.63) is 54.1 Å². The summed E-state index contributed by atoms with van der Waals surface area (Å²) in [4.78, 5) is 5.38. The molecule has 5 atom stereocenters. The number of likely N-dealkylation sites (tertiary alicyclic amines) is 1. The lowest BCUT2D eigenvalue weighted by atomic mass is 9.93. The minimum Gasteiger partial charge on any atom is -0.504 e. The predicted molar refractivity (Wildman–Crippen MR) is 97.2 cm³/mol. The van der Waals surface area contributed by atoms with Crippen LogP contribution in [0.2, 0.25) is 0 Å². The molecule has 1 saturated heterocycles. The molecule has 1 aliphatic carbocycles. The maximum Gasteiger partial charge on any atom is 0.255 e. The number of halogens is 1. The highest BCUT2D eigenvalue weighted by Gasteiger charge is 2.59. The first-order valence-corrected chi connectivity index (χ1v) is 9.25.